The molecule has 2 N–H and O–H groups in total. The third kappa shape index (κ3) is 1.14. The molecule has 0 aromatic heterocycles. The van der Waals surface area contributed by atoms with Crippen molar-refractivity contribution in [3.8, 4) is 0 Å². The van der Waals surface area contributed by atoms with Crippen LogP contribution in [0.1, 0.15) is 12.8 Å². The minimum Gasteiger partial charge on any atom is -0.481 e. The van der Waals surface area contributed by atoms with Crippen molar-refractivity contribution in [1.29, 1.82) is 0 Å². The summed E-state index contributed by atoms with van der Waals surface area (Å²) in [6.07, 6.45) is -0.0652. The van der Waals surface area contributed by atoms with E-state index in [1.165, 1.54) is 0 Å². The first kappa shape index (κ1) is 8.98. The van der Waals surface area contributed by atoms with Crippen LogP contribution in [0.25, 0.3) is 0 Å². The Balaban J connectivity index is 2.18. The van der Waals surface area contributed by atoms with E-state index in [0.29, 0.717) is 0 Å². The van der Waals surface area contributed by atoms with Crippen molar-refractivity contribution in [3.63, 3.8) is 0 Å². The second-order valence-electron chi connectivity index (χ2n) is 3.59. The Labute approximate surface area is 79.2 Å². The van der Waals surface area contributed by atoms with Gasteiger partial charge in [-0.1, -0.05) is 0 Å². The van der Waals surface area contributed by atoms with E-state index in [1.54, 1.807) is 0 Å². The highest BCUT2D eigenvalue weighted by molar-refractivity contribution is 5.95. The number of amides is 1. The lowest BCUT2D eigenvalue weighted by molar-refractivity contribution is -0.191. The Bertz CT molecular complexity index is 326. The maximum atomic E-state index is 11.1. The lowest BCUT2D eigenvalue weighted by Gasteiger charge is -2.43. The first-order valence-electron chi connectivity index (χ1n) is 4.26. The summed E-state index contributed by atoms with van der Waals surface area (Å²) in [5.74, 6) is -2.86. The summed E-state index contributed by atoms with van der Waals surface area (Å²) >= 11 is 0. The van der Waals surface area contributed by atoms with Crippen LogP contribution in [0.15, 0.2) is 0 Å². The van der Waals surface area contributed by atoms with Gasteiger partial charge in [0.2, 0.25) is 5.60 Å². The number of rotatable bonds is 1. The largest absolute Gasteiger partial charge is 0.481 e. The minimum absolute atomic E-state index is 0.0832. The number of β-lactam (4-membered cyclic amide) rings is 1. The van der Waals surface area contributed by atoms with E-state index in [2.05, 4.69) is 5.32 Å². The monoisotopic (exact) mass is 199 g/mol. The fraction of sp³-hybridized carbons (Fsp3) is 0.625. The quantitative estimate of drug-likeness (QED) is 0.412. The molecule has 1 spiro atoms. The molecule has 0 saturated carbocycles. The summed E-state index contributed by atoms with van der Waals surface area (Å²) in [4.78, 5) is 32.9. The molecule has 6 nitrogen and oxygen atoms in total. The number of carboxylic acids is 1. The molecule has 2 fully saturated rings. The molecule has 14 heavy (non-hydrogen) atoms. The zero-order valence-electron chi connectivity index (χ0n) is 7.28. The van der Waals surface area contributed by atoms with Crippen LogP contribution in [-0.2, 0) is 19.1 Å². The Morgan fingerprint density at radius 3 is 2.71 bits per heavy atom. The molecular formula is C8H9NO5. The van der Waals surface area contributed by atoms with Gasteiger partial charge in [0, 0.05) is 6.42 Å². The molecule has 0 radical (unpaired) electrons. The molecule has 0 unspecified atom stereocenters. The predicted octanol–water partition coefficient (Wildman–Crippen LogP) is -1.11. The van der Waals surface area contributed by atoms with E-state index in [4.69, 9.17) is 9.84 Å². The van der Waals surface area contributed by atoms with Crippen molar-refractivity contribution >= 4 is 17.8 Å². The van der Waals surface area contributed by atoms with Gasteiger partial charge >= 0.3 is 11.9 Å². The molecule has 0 bridgehead atoms. The first-order chi connectivity index (χ1) is 6.53. The predicted molar refractivity (Wildman–Crippen MR) is 42.2 cm³/mol. The average molecular weight is 199 g/mol. The number of hydrogen-bond acceptors (Lipinski definition) is 4. The van der Waals surface area contributed by atoms with E-state index >= 15 is 0 Å². The van der Waals surface area contributed by atoms with Crippen LogP contribution in [-0.4, -0.2) is 35.1 Å². The molecule has 2 saturated heterocycles. The summed E-state index contributed by atoms with van der Waals surface area (Å²) in [7, 11) is 0. The van der Waals surface area contributed by atoms with E-state index in [-0.39, 0.29) is 19.4 Å². The molecule has 2 aliphatic rings. The van der Waals surface area contributed by atoms with Gasteiger partial charge in [-0.15, -0.1) is 0 Å². The maximum absolute atomic E-state index is 11.1. The molecule has 2 heterocycles. The van der Waals surface area contributed by atoms with Gasteiger partial charge in [-0.05, 0) is 0 Å². The lowest BCUT2D eigenvalue weighted by Crippen LogP contribution is -2.69. The Morgan fingerprint density at radius 1 is 1.57 bits per heavy atom. The highest BCUT2D eigenvalue weighted by atomic mass is 16.6. The van der Waals surface area contributed by atoms with Crippen molar-refractivity contribution in [2.24, 2.45) is 5.92 Å². The van der Waals surface area contributed by atoms with E-state index < -0.39 is 29.4 Å². The summed E-state index contributed by atoms with van der Waals surface area (Å²) in [6.45, 7) is 0.224. The highest BCUT2D eigenvalue weighted by Gasteiger charge is 2.55. The summed E-state index contributed by atoms with van der Waals surface area (Å²) < 4.78 is 4.89. The smallest absolute Gasteiger partial charge is 0.307 e. The molecule has 0 aromatic carbocycles. The van der Waals surface area contributed by atoms with Crippen LogP contribution < -0.4 is 5.32 Å². The topological polar surface area (TPSA) is 92.7 Å². The Hall–Kier alpha value is -1.59. The van der Waals surface area contributed by atoms with Gasteiger partial charge in [0.1, 0.15) is 0 Å². The van der Waals surface area contributed by atoms with Crippen molar-refractivity contribution in [2.75, 3.05) is 6.54 Å². The molecule has 0 aromatic rings. The molecule has 0 aliphatic carbocycles. The highest BCUT2D eigenvalue weighted by Crippen LogP contribution is 2.33. The first-order valence-corrected chi connectivity index (χ1v) is 4.26. The number of carboxylic acid groups (broad SMARTS) is 1. The fourth-order valence-corrected chi connectivity index (χ4v) is 1.75. The Kier molecular flexibility index (Phi) is 1.73. The SMILES string of the molecule is O=C1C[C@@H](C(=O)O)C[C@@]2(CNC2=O)O1. The number of carbonyl (C=O) groups is 3. The maximum Gasteiger partial charge on any atom is 0.307 e. The van der Waals surface area contributed by atoms with Crippen LogP contribution in [0.4, 0.5) is 0 Å². The molecule has 6 heteroatoms. The fourth-order valence-electron chi connectivity index (χ4n) is 1.75. The molecule has 1 amide bonds. The summed E-state index contributed by atoms with van der Waals surface area (Å²) in [5, 5.41) is 11.2. The van der Waals surface area contributed by atoms with Crippen LogP contribution >= 0.6 is 0 Å². The summed E-state index contributed by atoms with van der Waals surface area (Å²) in [5.41, 5.74) is -1.20. The van der Waals surface area contributed by atoms with Gasteiger partial charge in [0.05, 0.1) is 18.9 Å². The van der Waals surface area contributed by atoms with Gasteiger partial charge in [-0.2, -0.15) is 0 Å². The number of carbonyl (C=O) groups excluding carboxylic acids is 2. The van der Waals surface area contributed by atoms with E-state index in [9.17, 15) is 14.4 Å². The third-order valence-corrected chi connectivity index (χ3v) is 2.60. The second-order valence-corrected chi connectivity index (χ2v) is 3.59. The van der Waals surface area contributed by atoms with Crippen LogP contribution in [0.3, 0.4) is 0 Å². The van der Waals surface area contributed by atoms with Crippen LogP contribution in [0.5, 0.6) is 0 Å². The summed E-state index contributed by atoms with van der Waals surface area (Å²) in [6, 6.07) is 0. The second kappa shape index (κ2) is 2.70. The van der Waals surface area contributed by atoms with Gasteiger partial charge in [0.25, 0.3) is 5.91 Å². The standard InChI is InChI=1S/C8H9NO5/c10-5-1-4(6(11)12)2-8(14-5)3-9-7(8)13/h4H,1-3H2,(H,9,13)(H,11,12)/t4-,8+/m1/s1. The number of esters is 1. The zero-order valence-corrected chi connectivity index (χ0v) is 7.28. The van der Waals surface area contributed by atoms with Crippen molar-refractivity contribution in [3.05, 3.63) is 0 Å². The van der Waals surface area contributed by atoms with Gasteiger partial charge in [-0.25, -0.2) is 0 Å². The van der Waals surface area contributed by atoms with Gasteiger partial charge < -0.3 is 15.2 Å². The molecule has 2 rings (SSSR count). The minimum atomic E-state index is -1.20. The van der Waals surface area contributed by atoms with Crippen molar-refractivity contribution < 1.29 is 24.2 Å². The zero-order chi connectivity index (χ0) is 10.3. The number of ether oxygens (including phenoxy) is 1. The van der Waals surface area contributed by atoms with Gasteiger partial charge in [-0.3, -0.25) is 14.4 Å². The van der Waals surface area contributed by atoms with Crippen molar-refractivity contribution in [2.45, 2.75) is 18.4 Å². The number of hydrogen-bond donors (Lipinski definition) is 2. The van der Waals surface area contributed by atoms with Crippen molar-refractivity contribution in [1.82, 2.24) is 5.32 Å². The van der Waals surface area contributed by atoms with Gasteiger partial charge in [0.15, 0.2) is 0 Å². The molecule has 2 atom stereocenters. The third-order valence-electron chi connectivity index (χ3n) is 2.60. The normalized spacial score (nSPS) is 35.9. The van der Waals surface area contributed by atoms with Crippen LogP contribution in [0.2, 0.25) is 0 Å². The average Bonchev–Trinajstić information content (AvgIpc) is 2.14. The van der Waals surface area contributed by atoms with E-state index in [0.717, 1.165) is 0 Å². The van der Waals surface area contributed by atoms with Crippen LogP contribution in [0, 0.1) is 5.92 Å². The lowest BCUT2D eigenvalue weighted by atomic mass is 9.81. The Morgan fingerprint density at radius 2 is 2.29 bits per heavy atom. The number of nitrogens with one attached hydrogen (secondary N) is 1. The number of aliphatic carboxylic acids is 1. The van der Waals surface area contributed by atoms with E-state index in [1.807, 2.05) is 0 Å². The molecular weight excluding hydrogens is 190 g/mol. The molecule has 76 valence electrons. The molecule has 2 aliphatic heterocycles.